The Bertz CT molecular complexity index is 1050. The summed E-state index contributed by atoms with van der Waals surface area (Å²) >= 11 is 0. The van der Waals surface area contributed by atoms with E-state index in [9.17, 15) is 19.2 Å². The van der Waals surface area contributed by atoms with Crippen LogP contribution in [0.25, 0.3) is 0 Å². The highest BCUT2D eigenvalue weighted by Gasteiger charge is 2.51. The van der Waals surface area contributed by atoms with Crippen LogP contribution in [0.2, 0.25) is 0 Å². The highest BCUT2D eigenvalue weighted by Crippen LogP contribution is 2.33. The number of para-hydroxylation sites is 1. The Morgan fingerprint density at radius 1 is 0.939 bits per heavy atom. The summed E-state index contributed by atoms with van der Waals surface area (Å²) in [7, 11) is 0. The Morgan fingerprint density at radius 2 is 1.64 bits per heavy atom. The molecule has 0 unspecified atom stereocenters. The largest absolute Gasteiger partial charge is 0.348 e. The van der Waals surface area contributed by atoms with Crippen molar-refractivity contribution >= 4 is 29.4 Å². The maximum absolute atomic E-state index is 12.9. The molecule has 0 atom stereocenters. The van der Waals surface area contributed by atoms with Gasteiger partial charge in [0, 0.05) is 19.5 Å². The van der Waals surface area contributed by atoms with Gasteiger partial charge in [-0.25, -0.2) is 4.79 Å². The molecule has 2 aromatic carbocycles. The third kappa shape index (κ3) is 5.05. The SMILES string of the molecule is O=C(CCN1C(=O)NC2(CCCCC2)C1=O)Nc1ccccc1C(=O)NCc1ccccc1. The minimum absolute atomic E-state index is 0.000616. The standard InChI is InChI=1S/C25H28N4O4/c30-21(13-16-29-23(32)25(28-24(29)33)14-7-2-8-15-25)27-20-12-6-5-11-19(20)22(31)26-17-18-9-3-1-4-10-18/h1,3-6,9-12H,2,7-8,13-17H2,(H,26,31)(H,27,30)(H,28,33). The number of amides is 5. The summed E-state index contributed by atoms with van der Waals surface area (Å²) in [5, 5.41) is 8.45. The Balaban J connectivity index is 1.34. The molecule has 0 radical (unpaired) electrons. The van der Waals surface area contributed by atoms with Crippen LogP contribution in [0.1, 0.15) is 54.4 Å². The van der Waals surface area contributed by atoms with Crippen LogP contribution in [0, 0.1) is 0 Å². The van der Waals surface area contributed by atoms with Gasteiger partial charge in [-0.2, -0.15) is 0 Å². The van der Waals surface area contributed by atoms with Crippen LogP contribution in [0.4, 0.5) is 10.5 Å². The zero-order valence-corrected chi connectivity index (χ0v) is 18.4. The molecule has 2 aliphatic rings. The van der Waals surface area contributed by atoms with Gasteiger partial charge in [0.25, 0.3) is 11.8 Å². The Labute approximate surface area is 192 Å². The first-order valence-electron chi connectivity index (χ1n) is 11.3. The number of imide groups is 1. The Hall–Kier alpha value is -3.68. The molecule has 1 spiro atoms. The van der Waals surface area contributed by atoms with Crippen molar-refractivity contribution < 1.29 is 19.2 Å². The molecular weight excluding hydrogens is 420 g/mol. The van der Waals surface area contributed by atoms with Crippen molar-refractivity contribution in [1.82, 2.24) is 15.5 Å². The molecule has 8 heteroatoms. The fourth-order valence-corrected chi connectivity index (χ4v) is 4.46. The van der Waals surface area contributed by atoms with E-state index in [0.717, 1.165) is 29.7 Å². The molecular formula is C25H28N4O4. The lowest BCUT2D eigenvalue weighted by molar-refractivity contribution is -0.132. The summed E-state index contributed by atoms with van der Waals surface area (Å²) in [6, 6.07) is 15.9. The third-order valence-corrected chi connectivity index (χ3v) is 6.26. The van der Waals surface area contributed by atoms with Crippen molar-refractivity contribution in [3.8, 4) is 0 Å². The molecule has 0 bridgehead atoms. The molecule has 1 saturated carbocycles. The van der Waals surface area contributed by atoms with E-state index >= 15 is 0 Å². The minimum Gasteiger partial charge on any atom is -0.348 e. The van der Waals surface area contributed by atoms with E-state index in [1.165, 1.54) is 0 Å². The molecule has 8 nitrogen and oxygen atoms in total. The second kappa shape index (κ2) is 9.85. The molecule has 1 aliphatic heterocycles. The predicted octanol–water partition coefficient (Wildman–Crippen LogP) is 3.20. The highest BCUT2D eigenvalue weighted by molar-refractivity contribution is 6.08. The molecule has 4 rings (SSSR count). The molecule has 2 aromatic rings. The lowest BCUT2D eigenvalue weighted by Crippen LogP contribution is -2.48. The van der Waals surface area contributed by atoms with Crippen LogP contribution in [0.15, 0.2) is 54.6 Å². The van der Waals surface area contributed by atoms with E-state index in [-0.39, 0.29) is 30.7 Å². The molecule has 2 fully saturated rings. The first-order valence-corrected chi connectivity index (χ1v) is 11.3. The van der Waals surface area contributed by atoms with Crippen molar-refractivity contribution in [2.45, 2.75) is 50.6 Å². The van der Waals surface area contributed by atoms with Gasteiger partial charge in [-0.15, -0.1) is 0 Å². The van der Waals surface area contributed by atoms with Crippen molar-refractivity contribution in [2.24, 2.45) is 0 Å². The molecule has 172 valence electrons. The van der Waals surface area contributed by atoms with Gasteiger partial charge in [-0.05, 0) is 30.5 Å². The van der Waals surface area contributed by atoms with Crippen molar-refractivity contribution in [3.63, 3.8) is 0 Å². The van der Waals surface area contributed by atoms with Crippen molar-refractivity contribution in [2.75, 3.05) is 11.9 Å². The molecule has 1 heterocycles. The van der Waals surface area contributed by atoms with Crippen LogP contribution in [0.3, 0.4) is 0 Å². The fraction of sp³-hybridized carbons (Fsp3) is 0.360. The van der Waals surface area contributed by atoms with E-state index in [2.05, 4.69) is 16.0 Å². The van der Waals surface area contributed by atoms with Crippen LogP contribution in [-0.4, -0.2) is 40.7 Å². The van der Waals surface area contributed by atoms with Gasteiger partial charge in [0.1, 0.15) is 5.54 Å². The van der Waals surface area contributed by atoms with E-state index < -0.39 is 11.6 Å². The van der Waals surface area contributed by atoms with Gasteiger partial charge in [-0.1, -0.05) is 61.7 Å². The second-order valence-electron chi connectivity index (χ2n) is 8.54. The smallest absolute Gasteiger partial charge is 0.325 e. The van der Waals surface area contributed by atoms with Crippen molar-refractivity contribution in [3.05, 3.63) is 65.7 Å². The summed E-state index contributed by atoms with van der Waals surface area (Å²) in [5.74, 6) is -0.910. The molecule has 0 aromatic heterocycles. The molecule has 3 N–H and O–H groups in total. The zero-order chi connectivity index (χ0) is 23.3. The normalized spacial score (nSPS) is 17.0. The van der Waals surface area contributed by atoms with Gasteiger partial charge in [0.15, 0.2) is 0 Å². The van der Waals surface area contributed by atoms with Crippen LogP contribution >= 0.6 is 0 Å². The molecule has 1 aliphatic carbocycles. The van der Waals surface area contributed by atoms with Crippen LogP contribution in [-0.2, 0) is 16.1 Å². The highest BCUT2D eigenvalue weighted by atomic mass is 16.2. The second-order valence-corrected chi connectivity index (χ2v) is 8.54. The zero-order valence-electron chi connectivity index (χ0n) is 18.4. The summed E-state index contributed by atoms with van der Waals surface area (Å²) in [5.41, 5.74) is 0.901. The van der Waals surface area contributed by atoms with Crippen molar-refractivity contribution in [1.29, 1.82) is 0 Å². The first kappa shape index (κ1) is 22.5. The molecule has 33 heavy (non-hydrogen) atoms. The first-order chi connectivity index (χ1) is 16.0. The fourth-order valence-electron chi connectivity index (χ4n) is 4.46. The lowest BCUT2D eigenvalue weighted by Gasteiger charge is -2.30. The van der Waals surface area contributed by atoms with E-state index in [0.29, 0.717) is 30.6 Å². The third-order valence-electron chi connectivity index (χ3n) is 6.26. The summed E-state index contributed by atoms with van der Waals surface area (Å²) in [4.78, 5) is 51.6. The molecule has 1 saturated heterocycles. The van der Waals surface area contributed by atoms with Gasteiger partial charge in [-0.3, -0.25) is 19.3 Å². The Kier molecular flexibility index (Phi) is 6.72. The van der Waals surface area contributed by atoms with Gasteiger partial charge < -0.3 is 16.0 Å². The van der Waals surface area contributed by atoms with E-state index in [4.69, 9.17) is 0 Å². The van der Waals surface area contributed by atoms with E-state index in [1.807, 2.05) is 30.3 Å². The topological polar surface area (TPSA) is 108 Å². The number of hydrogen-bond acceptors (Lipinski definition) is 4. The maximum Gasteiger partial charge on any atom is 0.325 e. The minimum atomic E-state index is -0.796. The number of nitrogens with zero attached hydrogens (tertiary/aromatic N) is 1. The number of benzene rings is 2. The molecule has 5 amide bonds. The summed E-state index contributed by atoms with van der Waals surface area (Å²) in [6.45, 7) is 0.372. The number of hydrogen-bond donors (Lipinski definition) is 3. The Morgan fingerprint density at radius 3 is 2.39 bits per heavy atom. The average Bonchev–Trinajstić information content (AvgIpc) is 3.06. The van der Waals surface area contributed by atoms with Gasteiger partial charge in [0.05, 0.1) is 11.3 Å². The number of carbonyl (C=O) groups is 4. The predicted molar refractivity (Wildman–Crippen MR) is 123 cm³/mol. The quantitative estimate of drug-likeness (QED) is 0.565. The summed E-state index contributed by atoms with van der Waals surface area (Å²) in [6.07, 6.45) is 4.12. The van der Waals surface area contributed by atoms with Crippen LogP contribution < -0.4 is 16.0 Å². The monoisotopic (exact) mass is 448 g/mol. The van der Waals surface area contributed by atoms with Crippen LogP contribution in [0.5, 0.6) is 0 Å². The number of urea groups is 1. The lowest BCUT2D eigenvalue weighted by atomic mass is 9.82. The summed E-state index contributed by atoms with van der Waals surface area (Å²) < 4.78 is 0. The van der Waals surface area contributed by atoms with Gasteiger partial charge >= 0.3 is 6.03 Å². The van der Waals surface area contributed by atoms with Gasteiger partial charge in [0.2, 0.25) is 5.91 Å². The number of carbonyl (C=O) groups excluding carboxylic acids is 4. The number of anilines is 1. The maximum atomic E-state index is 12.9. The average molecular weight is 449 g/mol. The number of nitrogens with one attached hydrogen (secondary N) is 3. The number of rotatable bonds is 7. The van der Waals surface area contributed by atoms with E-state index in [1.54, 1.807) is 24.3 Å².